The van der Waals surface area contributed by atoms with Gasteiger partial charge in [-0.25, -0.2) is 9.67 Å². The van der Waals surface area contributed by atoms with Gasteiger partial charge in [-0.2, -0.15) is 5.10 Å². The molecule has 0 saturated carbocycles. The molecule has 7 aromatic rings. The van der Waals surface area contributed by atoms with Crippen molar-refractivity contribution < 1.29 is 4.74 Å². The molecule has 0 amide bonds. The van der Waals surface area contributed by atoms with E-state index in [0.717, 1.165) is 46.0 Å². The highest BCUT2D eigenvalue weighted by Crippen LogP contribution is 2.39. The van der Waals surface area contributed by atoms with Gasteiger partial charge in [-0.05, 0) is 101 Å². The lowest BCUT2D eigenvalue weighted by Crippen LogP contribution is -2.12. The van der Waals surface area contributed by atoms with E-state index >= 15 is 0 Å². The summed E-state index contributed by atoms with van der Waals surface area (Å²) in [6.45, 7) is 20.2. The number of aryl methyl sites for hydroxylation is 2. The van der Waals surface area contributed by atoms with Crippen molar-refractivity contribution in [1.82, 2.24) is 19.3 Å². The summed E-state index contributed by atoms with van der Waals surface area (Å²) in [4.78, 5) is 4.80. The molecule has 0 bridgehead atoms. The van der Waals surface area contributed by atoms with E-state index in [1.807, 2.05) is 17.1 Å². The summed E-state index contributed by atoms with van der Waals surface area (Å²) < 4.78 is 11.0. The molecule has 50 heavy (non-hydrogen) atoms. The number of benzene rings is 4. The predicted molar refractivity (Wildman–Crippen MR) is 209 cm³/mol. The summed E-state index contributed by atoms with van der Waals surface area (Å²) in [6, 6.07) is 30.3. The minimum atomic E-state index is -0.0942. The quantitative estimate of drug-likeness (QED) is 0.163. The van der Waals surface area contributed by atoms with E-state index in [-0.39, 0.29) is 5.41 Å². The van der Waals surface area contributed by atoms with Crippen LogP contribution >= 0.6 is 0 Å². The molecule has 0 aliphatic heterocycles. The minimum absolute atomic E-state index is 0.0942. The van der Waals surface area contributed by atoms with Crippen molar-refractivity contribution in [2.24, 2.45) is 0 Å². The van der Waals surface area contributed by atoms with Crippen LogP contribution in [0.1, 0.15) is 95.0 Å². The maximum absolute atomic E-state index is 6.75. The van der Waals surface area contributed by atoms with E-state index in [2.05, 4.69) is 158 Å². The van der Waals surface area contributed by atoms with Gasteiger partial charge in [0.2, 0.25) is 0 Å². The Labute approximate surface area is 296 Å². The zero-order valence-corrected chi connectivity index (χ0v) is 30.9. The van der Waals surface area contributed by atoms with Gasteiger partial charge in [0.1, 0.15) is 17.3 Å². The summed E-state index contributed by atoms with van der Waals surface area (Å²) in [5, 5.41) is 7.30. The Morgan fingerprint density at radius 3 is 2.18 bits per heavy atom. The van der Waals surface area contributed by atoms with Gasteiger partial charge in [0, 0.05) is 40.9 Å². The lowest BCUT2D eigenvalue weighted by molar-refractivity contribution is 0.478. The number of ether oxygens (including phenoxy) is 1. The van der Waals surface area contributed by atoms with Crippen molar-refractivity contribution in [2.45, 2.75) is 86.0 Å². The molecule has 0 saturated heterocycles. The molecule has 0 radical (unpaired) electrons. The average Bonchev–Trinajstić information content (AvgIpc) is 3.70. The standard InChI is InChI=1S/C45H48N4O/c1-10-31-17-18-46-43(21-31)49-41-14-12-11-13-37(41)38-16-15-35(25-42(38)49)50-36-23-33(45(7,8)9)22-34(24-36)48-27-32(26-47-48)44-39(28(2)3)19-30(6)20-40(44)29(4)5/h11-29H,10H2,1-9H3. The fourth-order valence-electron chi connectivity index (χ4n) is 7.09. The van der Waals surface area contributed by atoms with Gasteiger partial charge in [0.05, 0.1) is 22.9 Å². The van der Waals surface area contributed by atoms with Crippen molar-refractivity contribution in [1.29, 1.82) is 0 Å². The molecule has 0 N–H and O–H groups in total. The number of nitrogens with zero attached hydrogens (tertiary/aromatic N) is 4. The first-order valence-electron chi connectivity index (χ1n) is 17.9. The maximum atomic E-state index is 6.75. The van der Waals surface area contributed by atoms with Crippen molar-refractivity contribution in [3.05, 3.63) is 131 Å². The SMILES string of the molecule is CCc1ccnc(-n2c3ccccc3c3ccc(Oc4cc(-n5cc(-c6c(C(C)C)cc(C)cc6C(C)C)cn5)cc(C(C)(C)C)c4)cc32)c1. The zero-order valence-electron chi connectivity index (χ0n) is 30.9. The highest BCUT2D eigenvalue weighted by molar-refractivity contribution is 6.09. The Morgan fingerprint density at radius 1 is 0.760 bits per heavy atom. The van der Waals surface area contributed by atoms with Gasteiger partial charge in [0.25, 0.3) is 0 Å². The monoisotopic (exact) mass is 660 g/mol. The van der Waals surface area contributed by atoms with Crippen LogP contribution in [0.5, 0.6) is 11.5 Å². The van der Waals surface area contributed by atoms with Crippen molar-refractivity contribution in [3.63, 3.8) is 0 Å². The topological polar surface area (TPSA) is 44.9 Å². The van der Waals surface area contributed by atoms with Gasteiger partial charge in [-0.3, -0.25) is 4.57 Å². The van der Waals surface area contributed by atoms with Gasteiger partial charge in [-0.15, -0.1) is 0 Å². The lowest BCUT2D eigenvalue weighted by Gasteiger charge is -2.21. The molecule has 0 fully saturated rings. The summed E-state index contributed by atoms with van der Waals surface area (Å²) in [7, 11) is 0. The largest absolute Gasteiger partial charge is 0.457 e. The van der Waals surface area contributed by atoms with Gasteiger partial charge >= 0.3 is 0 Å². The van der Waals surface area contributed by atoms with Crippen LogP contribution in [0.4, 0.5) is 0 Å². The van der Waals surface area contributed by atoms with Crippen LogP contribution in [0.3, 0.4) is 0 Å². The fourth-order valence-corrected chi connectivity index (χ4v) is 7.09. The molecule has 254 valence electrons. The number of para-hydroxylation sites is 1. The molecule has 4 aromatic carbocycles. The summed E-state index contributed by atoms with van der Waals surface area (Å²) in [5.74, 6) is 3.26. The van der Waals surface area contributed by atoms with Crippen LogP contribution < -0.4 is 4.74 Å². The molecule has 3 heterocycles. The van der Waals surface area contributed by atoms with E-state index < -0.39 is 0 Å². The molecule has 7 rings (SSSR count). The second-order valence-corrected chi connectivity index (χ2v) is 15.3. The third kappa shape index (κ3) is 6.22. The first kappa shape index (κ1) is 33.3. The van der Waals surface area contributed by atoms with Crippen molar-refractivity contribution in [3.8, 4) is 34.1 Å². The summed E-state index contributed by atoms with van der Waals surface area (Å²) in [5.41, 5.74) is 12.0. The Balaban J connectivity index is 1.32. The van der Waals surface area contributed by atoms with Crippen LogP contribution in [0.25, 0.3) is 44.4 Å². The number of aromatic nitrogens is 4. The van der Waals surface area contributed by atoms with Crippen LogP contribution in [-0.2, 0) is 11.8 Å². The van der Waals surface area contributed by atoms with E-state index in [1.165, 1.54) is 44.2 Å². The molecule has 0 aliphatic carbocycles. The first-order valence-corrected chi connectivity index (χ1v) is 17.9. The van der Waals surface area contributed by atoms with Gasteiger partial charge in [-0.1, -0.05) is 91.3 Å². The number of hydrogen-bond acceptors (Lipinski definition) is 3. The minimum Gasteiger partial charge on any atom is -0.457 e. The highest BCUT2D eigenvalue weighted by Gasteiger charge is 2.21. The molecular formula is C45H48N4O. The molecule has 0 unspecified atom stereocenters. The summed E-state index contributed by atoms with van der Waals surface area (Å²) in [6.07, 6.45) is 7.05. The number of rotatable bonds is 8. The Bertz CT molecular complexity index is 2320. The number of pyridine rings is 1. The van der Waals surface area contributed by atoms with Crippen molar-refractivity contribution in [2.75, 3.05) is 0 Å². The Hall–Kier alpha value is -5.16. The van der Waals surface area contributed by atoms with Crippen LogP contribution in [0.2, 0.25) is 0 Å². The molecule has 3 aromatic heterocycles. The number of fused-ring (bicyclic) bond motifs is 3. The second kappa shape index (κ2) is 12.9. The van der Waals surface area contributed by atoms with Crippen LogP contribution in [0, 0.1) is 6.92 Å². The van der Waals surface area contributed by atoms with E-state index in [9.17, 15) is 0 Å². The first-order chi connectivity index (χ1) is 23.9. The van der Waals surface area contributed by atoms with Gasteiger partial charge in [0.15, 0.2) is 0 Å². The predicted octanol–water partition coefficient (Wildman–Crippen LogP) is 12.2. The fraction of sp³-hybridized carbons (Fsp3) is 0.289. The Kier molecular flexibility index (Phi) is 8.63. The number of hydrogen-bond donors (Lipinski definition) is 0. The molecule has 0 atom stereocenters. The van der Waals surface area contributed by atoms with Gasteiger partial charge < -0.3 is 4.74 Å². The smallest absolute Gasteiger partial charge is 0.137 e. The molecule has 5 heteroatoms. The van der Waals surface area contributed by atoms with Crippen LogP contribution in [-0.4, -0.2) is 19.3 Å². The maximum Gasteiger partial charge on any atom is 0.137 e. The van der Waals surface area contributed by atoms with E-state index in [1.54, 1.807) is 0 Å². The van der Waals surface area contributed by atoms with E-state index in [4.69, 9.17) is 14.8 Å². The highest BCUT2D eigenvalue weighted by atomic mass is 16.5. The van der Waals surface area contributed by atoms with Crippen molar-refractivity contribution >= 4 is 21.8 Å². The second-order valence-electron chi connectivity index (χ2n) is 15.3. The molecule has 0 spiro atoms. The normalized spacial score (nSPS) is 12.1. The molecule has 0 aliphatic rings. The summed E-state index contributed by atoms with van der Waals surface area (Å²) >= 11 is 0. The Morgan fingerprint density at radius 2 is 1.48 bits per heavy atom. The average molecular weight is 661 g/mol. The van der Waals surface area contributed by atoms with E-state index in [0.29, 0.717) is 11.8 Å². The third-order valence-corrected chi connectivity index (χ3v) is 9.81. The lowest BCUT2D eigenvalue weighted by atomic mass is 9.84. The molecular weight excluding hydrogens is 613 g/mol. The third-order valence-electron chi connectivity index (χ3n) is 9.81. The zero-order chi connectivity index (χ0) is 35.3. The molecule has 5 nitrogen and oxygen atoms in total. The van der Waals surface area contributed by atoms with Crippen LogP contribution in [0.15, 0.2) is 104 Å².